The van der Waals surface area contributed by atoms with Crippen molar-refractivity contribution in [1.82, 2.24) is 9.97 Å². The number of pyridine rings is 1. The number of alkyl halides is 3. The number of amides is 1. The molecule has 0 saturated heterocycles. The average molecular weight is 403 g/mol. The van der Waals surface area contributed by atoms with Gasteiger partial charge in [-0.05, 0) is 49.1 Å². The lowest BCUT2D eigenvalue weighted by Gasteiger charge is -2.34. The number of halogens is 3. The van der Waals surface area contributed by atoms with Gasteiger partial charge in [0, 0.05) is 35.8 Å². The Morgan fingerprint density at radius 1 is 1.24 bits per heavy atom. The molecule has 5 nitrogen and oxygen atoms in total. The van der Waals surface area contributed by atoms with E-state index in [4.69, 9.17) is 4.74 Å². The van der Waals surface area contributed by atoms with Crippen LogP contribution in [0.5, 0.6) is 5.75 Å². The lowest BCUT2D eigenvalue weighted by Crippen LogP contribution is -2.39. The summed E-state index contributed by atoms with van der Waals surface area (Å²) in [5, 5.41) is 0.901. The molecule has 0 atom stereocenters. The first kappa shape index (κ1) is 19.3. The molecule has 4 rings (SSSR count). The van der Waals surface area contributed by atoms with Crippen LogP contribution in [-0.2, 0) is 17.4 Å². The van der Waals surface area contributed by atoms with E-state index in [9.17, 15) is 18.0 Å². The second kappa shape index (κ2) is 7.77. The molecule has 2 aromatic heterocycles. The van der Waals surface area contributed by atoms with Crippen LogP contribution < -0.4 is 9.64 Å². The SMILES string of the molecule is O=CN(c1c[nH]c2ccc(OCCc3ccc(C(F)(F)F)nc3)cc12)C1CCC1. The van der Waals surface area contributed by atoms with Gasteiger partial charge in [-0.15, -0.1) is 0 Å². The predicted octanol–water partition coefficient (Wildman–Crippen LogP) is 4.72. The van der Waals surface area contributed by atoms with Gasteiger partial charge in [0.15, 0.2) is 0 Å². The Morgan fingerprint density at radius 3 is 2.69 bits per heavy atom. The summed E-state index contributed by atoms with van der Waals surface area (Å²) in [5.41, 5.74) is 1.50. The first-order chi connectivity index (χ1) is 14.0. The van der Waals surface area contributed by atoms with Crippen LogP contribution >= 0.6 is 0 Å². The molecule has 0 unspecified atom stereocenters. The number of nitrogens with one attached hydrogen (secondary N) is 1. The van der Waals surface area contributed by atoms with Gasteiger partial charge in [-0.1, -0.05) is 6.07 Å². The second-order valence-corrected chi connectivity index (χ2v) is 7.13. The van der Waals surface area contributed by atoms with E-state index < -0.39 is 11.9 Å². The molecule has 1 aliphatic carbocycles. The third-order valence-electron chi connectivity index (χ3n) is 5.27. The van der Waals surface area contributed by atoms with Gasteiger partial charge in [-0.25, -0.2) is 0 Å². The summed E-state index contributed by atoms with van der Waals surface area (Å²) in [6, 6.07) is 8.21. The van der Waals surface area contributed by atoms with Crippen molar-refractivity contribution in [2.45, 2.75) is 37.9 Å². The Kier molecular flexibility index (Phi) is 5.17. The molecule has 8 heteroatoms. The summed E-state index contributed by atoms with van der Waals surface area (Å²) in [7, 11) is 0. The normalized spacial score (nSPS) is 14.6. The molecule has 1 aromatic carbocycles. The minimum Gasteiger partial charge on any atom is -0.493 e. The number of hydrogen-bond donors (Lipinski definition) is 1. The number of H-pyrrole nitrogens is 1. The molecule has 0 radical (unpaired) electrons. The number of nitrogens with zero attached hydrogens (tertiary/aromatic N) is 2. The topological polar surface area (TPSA) is 58.2 Å². The Morgan fingerprint density at radius 2 is 2.07 bits per heavy atom. The Hall–Kier alpha value is -3.03. The van der Waals surface area contributed by atoms with Crippen LogP contribution in [0.3, 0.4) is 0 Å². The summed E-state index contributed by atoms with van der Waals surface area (Å²) in [6.07, 6.45) is 3.06. The van der Waals surface area contributed by atoms with E-state index in [2.05, 4.69) is 9.97 Å². The molecule has 1 amide bonds. The van der Waals surface area contributed by atoms with E-state index in [-0.39, 0.29) is 6.04 Å². The van der Waals surface area contributed by atoms with Crippen molar-refractivity contribution in [3.63, 3.8) is 0 Å². The zero-order chi connectivity index (χ0) is 20.4. The Balaban J connectivity index is 1.43. The van der Waals surface area contributed by atoms with Crippen molar-refractivity contribution in [1.29, 1.82) is 0 Å². The van der Waals surface area contributed by atoms with Crippen molar-refractivity contribution in [3.05, 3.63) is 54.0 Å². The fraction of sp³-hybridized carbons (Fsp3) is 0.333. The summed E-state index contributed by atoms with van der Waals surface area (Å²) < 4.78 is 43.5. The number of hydrogen-bond acceptors (Lipinski definition) is 3. The summed E-state index contributed by atoms with van der Waals surface area (Å²) >= 11 is 0. The highest BCUT2D eigenvalue weighted by atomic mass is 19.4. The maximum atomic E-state index is 12.6. The molecule has 29 heavy (non-hydrogen) atoms. The summed E-state index contributed by atoms with van der Waals surface area (Å²) in [5.74, 6) is 0.637. The minimum atomic E-state index is -4.44. The number of anilines is 1. The van der Waals surface area contributed by atoms with E-state index in [1.165, 1.54) is 12.3 Å². The first-order valence-electron chi connectivity index (χ1n) is 9.45. The lowest BCUT2D eigenvalue weighted by atomic mass is 9.91. The van der Waals surface area contributed by atoms with Gasteiger partial charge < -0.3 is 14.6 Å². The molecule has 152 valence electrons. The molecular weight excluding hydrogens is 383 g/mol. The van der Waals surface area contributed by atoms with Crippen molar-refractivity contribution >= 4 is 23.0 Å². The highest BCUT2D eigenvalue weighted by molar-refractivity contribution is 5.98. The zero-order valence-electron chi connectivity index (χ0n) is 15.6. The molecule has 1 saturated carbocycles. The number of fused-ring (bicyclic) bond motifs is 1. The van der Waals surface area contributed by atoms with Crippen molar-refractivity contribution < 1.29 is 22.7 Å². The van der Waals surface area contributed by atoms with E-state index in [1.54, 1.807) is 4.90 Å². The van der Waals surface area contributed by atoms with Crippen LogP contribution in [0.4, 0.5) is 18.9 Å². The molecule has 2 heterocycles. The highest BCUT2D eigenvalue weighted by Crippen LogP contribution is 2.35. The number of benzene rings is 1. The maximum absolute atomic E-state index is 12.6. The third kappa shape index (κ3) is 4.06. The molecular formula is C21H20F3N3O2. The second-order valence-electron chi connectivity index (χ2n) is 7.13. The van der Waals surface area contributed by atoms with Crippen molar-refractivity contribution in [3.8, 4) is 5.75 Å². The Bertz CT molecular complexity index is 995. The predicted molar refractivity (Wildman–Crippen MR) is 103 cm³/mol. The molecule has 0 spiro atoms. The van der Waals surface area contributed by atoms with Crippen LogP contribution in [0, 0.1) is 0 Å². The van der Waals surface area contributed by atoms with Gasteiger partial charge in [-0.2, -0.15) is 13.2 Å². The molecule has 0 aliphatic heterocycles. The van der Waals surface area contributed by atoms with Crippen molar-refractivity contribution in [2.75, 3.05) is 11.5 Å². The van der Waals surface area contributed by atoms with E-state index >= 15 is 0 Å². The quantitative estimate of drug-likeness (QED) is 0.581. The van der Waals surface area contributed by atoms with Crippen LogP contribution in [-0.4, -0.2) is 29.0 Å². The molecule has 0 bridgehead atoms. The maximum Gasteiger partial charge on any atom is 0.433 e. The van der Waals surface area contributed by atoms with Crippen LogP contribution in [0.2, 0.25) is 0 Å². The Labute approximate surface area is 165 Å². The number of carbonyl (C=O) groups excluding carboxylic acids is 1. The molecule has 1 N–H and O–H groups in total. The van der Waals surface area contributed by atoms with Gasteiger partial charge in [0.25, 0.3) is 0 Å². The highest BCUT2D eigenvalue weighted by Gasteiger charge is 2.32. The van der Waals surface area contributed by atoms with Gasteiger partial charge in [-0.3, -0.25) is 9.78 Å². The number of carbonyl (C=O) groups is 1. The van der Waals surface area contributed by atoms with Crippen LogP contribution in [0.15, 0.2) is 42.7 Å². The average Bonchev–Trinajstić information content (AvgIpc) is 3.07. The molecule has 1 fully saturated rings. The van der Waals surface area contributed by atoms with Crippen LogP contribution in [0.25, 0.3) is 10.9 Å². The van der Waals surface area contributed by atoms with Gasteiger partial charge >= 0.3 is 6.18 Å². The van der Waals surface area contributed by atoms with Gasteiger partial charge in [0.1, 0.15) is 11.4 Å². The lowest BCUT2D eigenvalue weighted by molar-refractivity contribution is -0.141. The minimum absolute atomic E-state index is 0.239. The zero-order valence-corrected chi connectivity index (χ0v) is 15.6. The molecule has 1 aliphatic rings. The number of aromatic amines is 1. The summed E-state index contributed by atoms with van der Waals surface area (Å²) in [4.78, 5) is 20.0. The van der Waals surface area contributed by atoms with E-state index in [0.717, 1.165) is 48.3 Å². The monoisotopic (exact) mass is 403 g/mol. The fourth-order valence-corrected chi connectivity index (χ4v) is 3.42. The fourth-order valence-electron chi connectivity index (χ4n) is 3.42. The van der Waals surface area contributed by atoms with Gasteiger partial charge in [0.2, 0.25) is 6.41 Å². The van der Waals surface area contributed by atoms with Crippen LogP contribution in [0.1, 0.15) is 30.5 Å². The number of rotatable bonds is 7. The smallest absolute Gasteiger partial charge is 0.433 e. The van der Waals surface area contributed by atoms with E-state index in [1.807, 2.05) is 24.4 Å². The van der Waals surface area contributed by atoms with Crippen molar-refractivity contribution in [2.24, 2.45) is 0 Å². The summed E-state index contributed by atoms with van der Waals surface area (Å²) in [6.45, 7) is 0.304. The number of aromatic nitrogens is 2. The standard InChI is InChI=1S/C21H20F3N3O2/c22-21(23,24)20-7-4-14(11-26-20)8-9-29-16-5-6-18-17(10-16)19(12-25-18)27(13-28)15-2-1-3-15/h4-7,10-13,15,25H,1-3,8-9H2. The first-order valence-corrected chi connectivity index (χ1v) is 9.45. The van der Waals surface area contributed by atoms with E-state index in [0.29, 0.717) is 24.3 Å². The largest absolute Gasteiger partial charge is 0.493 e. The van der Waals surface area contributed by atoms with Gasteiger partial charge in [0.05, 0.1) is 12.3 Å². The number of ether oxygens (including phenoxy) is 1. The molecule has 3 aromatic rings. The third-order valence-corrected chi connectivity index (χ3v) is 5.27.